The Balaban J connectivity index is 1.95. The molecule has 14 heavy (non-hydrogen) atoms. The van der Waals surface area contributed by atoms with Gasteiger partial charge in [-0.3, -0.25) is 0 Å². The first kappa shape index (κ1) is 9.74. The second-order valence-corrected chi connectivity index (χ2v) is 4.52. The fourth-order valence-electron chi connectivity index (χ4n) is 1.58. The highest BCUT2D eigenvalue weighted by atomic mass is 32.1. The van der Waals surface area contributed by atoms with Crippen LogP contribution >= 0.6 is 11.3 Å². The van der Waals surface area contributed by atoms with Gasteiger partial charge in [0, 0.05) is 11.3 Å². The van der Waals surface area contributed by atoms with Crippen molar-refractivity contribution in [1.82, 2.24) is 0 Å². The van der Waals surface area contributed by atoms with E-state index in [4.69, 9.17) is 10.5 Å². The maximum atomic E-state index is 6.05. The first-order valence-electron chi connectivity index (χ1n) is 4.97. The molecule has 0 spiro atoms. The Morgan fingerprint density at radius 3 is 3.14 bits per heavy atom. The number of allylic oxidation sites excluding steroid dienone is 1. The molecule has 1 aliphatic heterocycles. The van der Waals surface area contributed by atoms with Crippen LogP contribution in [0.25, 0.3) is 0 Å². The third-order valence-corrected chi connectivity index (χ3v) is 3.23. The summed E-state index contributed by atoms with van der Waals surface area (Å²) in [6.07, 6.45) is 5.24. The van der Waals surface area contributed by atoms with Crippen LogP contribution in [0.2, 0.25) is 0 Å². The van der Waals surface area contributed by atoms with Gasteiger partial charge in [-0.25, -0.2) is 0 Å². The zero-order chi connectivity index (χ0) is 9.80. The molecule has 0 aliphatic carbocycles. The van der Waals surface area contributed by atoms with E-state index >= 15 is 0 Å². The van der Waals surface area contributed by atoms with Gasteiger partial charge in [-0.1, -0.05) is 6.07 Å². The lowest BCUT2D eigenvalue weighted by molar-refractivity contribution is 0.175. The minimum absolute atomic E-state index is 0.0361. The second kappa shape index (κ2) is 4.62. The molecule has 1 aromatic heterocycles. The fraction of sp³-hybridized carbons (Fsp3) is 0.455. The minimum atomic E-state index is 0.0361. The van der Waals surface area contributed by atoms with Crippen LogP contribution < -0.4 is 5.73 Å². The van der Waals surface area contributed by atoms with Crippen molar-refractivity contribution < 1.29 is 4.74 Å². The molecule has 1 aromatic rings. The zero-order valence-electron chi connectivity index (χ0n) is 8.11. The highest BCUT2D eigenvalue weighted by molar-refractivity contribution is 7.09. The normalized spacial score (nSPS) is 18.5. The molecule has 0 saturated carbocycles. The van der Waals surface area contributed by atoms with Crippen LogP contribution in [-0.4, -0.2) is 12.6 Å². The van der Waals surface area contributed by atoms with Crippen molar-refractivity contribution in [3.8, 4) is 0 Å². The van der Waals surface area contributed by atoms with E-state index in [-0.39, 0.29) is 6.04 Å². The number of hydrogen-bond donors (Lipinski definition) is 1. The molecule has 2 heterocycles. The van der Waals surface area contributed by atoms with Crippen LogP contribution in [0.5, 0.6) is 0 Å². The fourth-order valence-corrected chi connectivity index (χ4v) is 2.35. The predicted octanol–water partition coefficient (Wildman–Crippen LogP) is 2.31. The summed E-state index contributed by atoms with van der Waals surface area (Å²) in [7, 11) is 0. The monoisotopic (exact) mass is 209 g/mol. The Morgan fingerprint density at radius 2 is 2.50 bits per heavy atom. The van der Waals surface area contributed by atoms with Crippen LogP contribution in [0.4, 0.5) is 0 Å². The molecule has 1 unspecified atom stereocenters. The van der Waals surface area contributed by atoms with Gasteiger partial charge in [-0.05, 0) is 30.4 Å². The van der Waals surface area contributed by atoms with Gasteiger partial charge in [0.05, 0.1) is 12.6 Å². The molecule has 76 valence electrons. The van der Waals surface area contributed by atoms with Gasteiger partial charge in [0.2, 0.25) is 0 Å². The summed E-state index contributed by atoms with van der Waals surface area (Å²) in [4.78, 5) is 1.33. The van der Waals surface area contributed by atoms with Gasteiger partial charge < -0.3 is 10.5 Å². The molecule has 0 amide bonds. The highest BCUT2D eigenvalue weighted by Gasteiger charge is 2.14. The SMILES string of the molecule is NC(Cc1cccs1)C1=CCCCO1. The number of rotatable bonds is 3. The van der Waals surface area contributed by atoms with Crippen molar-refractivity contribution in [1.29, 1.82) is 0 Å². The maximum absolute atomic E-state index is 6.05. The van der Waals surface area contributed by atoms with Gasteiger partial charge in [0.25, 0.3) is 0 Å². The van der Waals surface area contributed by atoms with Gasteiger partial charge in [-0.2, -0.15) is 0 Å². The van der Waals surface area contributed by atoms with Gasteiger partial charge in [-0.15, -0.1) is 11.3 Å². The lowest BCUT2D eigenvalue weighted by atomic mass is 10.1. The topological polar surface area (TPSA) is 35.2 Å². The maximum Gasteiger partial charge on any atom is 0.109 e. The average Bonchev–Trinajstić information content (AvgIpc) is 2.72. The Morgan fingerprint density at radius 1 is 1.57 bits per heavy atom. The molecule has 2 nitrogen and oxygen atoms in total. The number of ether oxygens (including phenoxy) is 1. The third kappa shape index (κ3) is 2.36. The first-order valence-corrected chi connectivity index (χ1v) is 5.85. The Hall–Kier alpha value is -0.800. The molecule has 0 bridgehead atoms. The summed E-state index contributed by atoms with van der Waals surface area (Å²) in [5.41, 5.74) is 6.05. The molecule has 0 fully saturated rings. The quantitative estimate of drug-likeness (QED) is 0.829. The predicted molar refractivity (Wildman–Crippen MR) is 59.3 cm³/mol. The molecule has 2 N–H and O–H groups in total. The molecule has 0 radical (unpaired) electrons. The average molecular weight is 209 g/mol. The molecular weight excluding hydrogens is 194 g/mol. The molecule has 2 rings (SSSR count). The standard InChI is InChI=1S/C11H15NOS/c12-10(8-9-4-3-7-14-9)11-5-1-2-6-13-11/h3-5,7,10H,1-2,6,8,12H2. The number of nitrogens with two attached hydrogens (primary N) is 1. The van der Waals surface area contributed by atoms with E-state index in [2.05, 4.69) is 23.6 Å². The van der Waals surface area contributed by atoms with E-state index in [0.717, 1.165) is 31.6 Å². The Kier molecular flexibility index (Phi) is 3.22. The van der Waals surface area contributed by atoms with Gasteiger partial charge in [0.15, 0.2) is 0 Å². The zero-order valence-corrected chi connectivity index (χ0v) is 8.93. The van der Waals surface area contributed by atoms with Crippen molar-refractivity contribution >= 4 is 11.3 Å². The van der Waals surface area contributed by atoms with E-state index in [0.29, 0.717) is 0 Å². The smallest absolute Gasteiger partial charge is 0.109 e. The van der Waals surface area contributed by atoms with Gasteiger partial charge in [0.1, 0.15) is 5.76 Å². The molecule has 1 aliphatic rings. The lowest BCUT2D eigenvalue weighted by Crippen LogP contribution is -2.27. The van der Waals surface area contributed by atoms with Crippen molar-refractivity contribution in [3.05, 3.63) is 34.2 Å². The Bertz CT molecular complexity index is 305. The third-order valence-electron chi connectivity index (χ3n) is 2.33. The van der Waals surface area contributed by atoms with Crippen molar-refractivity contribution in [3.63, 3.8) is 0 Å². The van der Waals surface area contributed by atoms with Gasteiger partial charge >= 0.3 is 0 Å². The van der Waals surface area contributed by atoms with Crippen molar-refractivity contribution in [2.45, 2.75) is 25.3 Å². The minimum Gasteiger partial charge on any atom is -0.497 e. The summed E-state index contributed by atoms with van der Waals surface area (Å²) < 4.78 is 5.53. The molecule has 1 atom stereocenters. The molecule has 3 heteroatoms. The van der Waals surface area contributed by atoms with Crippen LogP contribution in [0.15, 0.2) is 29.3 Å². The van der Waals surface area contributed by atoms with Crippen LogP contribution in [-0.2, 0) is 11.2 Å². The second-order valence-electron chi connectivity index (χ2n) is 3.49. The summed E-state index contributed by atoms with van der Waals surface area (Å²) in [6.45, 7) is 0.823. The summed E-state index contributed by atoms with van der Waals surface area (Å²) in [5, 5.41) is 2.08. The van der Waals surface area contributed by atoms with Crippen LogP contribution in [0, 0.1) is 0 Å². The first-order chi connectivity index (χ1) is 6.86. The van der Waals surface area contributed by atoms with Crippen molar-refractivity contribution in [2.75, 3.05) is 6.61 Å². The molecule has 0 saturated heterocycles. The van der Waals surface area contributed by atoms with E-state index in [1.807, 2.05) is 0 Å². The Labute approximate surface area is 88.4 Å². The van der Waals surface area contributed by atoms with Crippen molar-refractivity contribution in [2.24, 2.45) is 5.73 Å². The van der Waals surface area contributed by atoms with Crippen LogP contribution in [0.3, 0.4) is 0 Å². The molecule has 0 aromatic carbocycles. The van der Waals surface area contributed by atoms with E-state index < -0.39 is 0 Å². The number of hydrogen-bond acceptors (Lipinski definition) is 3. The largest absolute Gasteiger partial charge is 0.497 e. The van der Waals surface area contributed by atoms with Crippen LogP contribution in [0.1, 0.15) is 17.7 Å². The number of thiophene rings is 1. The highest BCUT2D eigenvalue weighted by Crippen LogP contribution is 2.17. The summed E-state index contributed by atoms with van der Waals surface area (Å²) in [5.74, 6) is 0.977. The summed E-state index contributed by atoms with van der Waals surface area (Å²) in [6, 6.07) is 4.21. The molecular formula is C11H15NOS. The van der Waals surface area contributed by atoms with E-state index in [1.165, 1.54) is 4.88 Å². The van der Waals surface area contributed by atoms with E-state index in [9.17, 15) is 0 Å². The summed E-state index contributed by atoms with van der Waals surface area (Å²) >= 11 is 1.75. The lowest BCUT2D eigenvalue weighted by Gasteiger charge is -2.20. The van der Waals surface area contributed by atoms with E-state index in [1.54, 1.807) is 11.3 Å².